The zero-order valence-electron chi connectivity index (χ0n) is 12.7. The van der Waals surface area contributed by atoms with Crippen molar-refractivity contribution in [1.29, 1.82) is 0 Å². The Hall–Kier alpha value is 0.0100. The smallest absolute Gasteiger partial charge is 0.548 e. The predicted molar refractivity (Wildman–Crippen MR) is 69.3 cm³/mol. The van der Waals surface area contributed by atoms with Crippen LogP contribution < -0.4 is 34.7 Å². The molecule has 0 rings (SSSR count). The number of carboxylic acids is 1. The Morgan fingerprint density at radius 3 is 1.57 bits per heavy atom. The Kier molecular flexibility index (Phi) is 22.2. The quantitative estimate of drug-likeness (QED) is 0.163. The summed E-state index contributed by atoms with van der Waals surface area (Å²) in [6.45, 7) is 7.16. The fourth-order valence-corrected chi connectivity index (χ4v) is 1.10. The summed E-state index contributed by atoms with van der Waals surface area (Å²) in [5.41, 5.74) is 0. The minimum absolute atomic E-state index is 0. The van der Waals surface area contributed by atoms with E-state index in [9.17, 15) is 9.90 Å². The van der Waals surface area contributed by atoms with Crippen molar-refractivity contribution < 1.29 is 63.1 Å². The van der Waals surface area contributed by atoms with Gasteiger partial charge in [0.25, 0.3) is 0 Å². The summed E-state index contributed by atoms with van der Waals surface area (Å²) in [5.74, 6) is -1.23. The summed E-state index contributed by atoms with van der Waals surface area (Å²) in [4.78, 5) is 10.0. The number of carbonyl (C=O) groups is 1. The van der Waals surface area contributed by atoms with E-state index in [0.717, 1.165) is 0 Å². The van der Waals surface area contributed by atoms with Gasteiger partial charge in [0.15, 0.2) is 0 Å². The normalized spacial score (nSPS) is 10.1. The zero-order valence-corrected chi connectivity index (χ0v) is 14.7. The molecule has 0 aliphatic rings. The second-order valence-electron chi connectivity index (χ2n) is 3.63. The molecule has 0 heterocycles. The summed E-state index contributed by atoms with van der Waals surface area (Å²) >= 11 is 0. The third-order valence-electron chi connectivity index (χ3n) is 1.94. The first-order valence-corrected chi connectivity index (χ1v) is 6.47. The Labute approximate surface area is 147 Å². The molecule has 8 heteroatoms. The monoisotopic (exact) mass is 314 g/mol. The summed E-state index contributed by atoms with van der Waals surface area (Å²) in [6.07, 6.45) is 1.69. The molecule has 0 aliphatic carbocycles. The van der Waals surface area contributed by atoms with E-state index in [2.05, 4.69) is 6.58 Å². The van der Waals surface area contributed by atoms with Gasteiger partial charge in [-0.05, 0) is 0 Å². The van der Waals surface area contributed by atoms with Gasteiger partial charge in [-0.25, -0.2) is 0 Å². The summed E-state index contributed by atoms with van der Waals surface area (Å²) < 4.78 is 25.5. The van der Waals surface area contributed by atoms with Crippen molar-refractivity contribution in [3.63, 3.8) is 0 Å². The molecule has 0 saturated carbocycles. The predicted octanol–water partition coefficient (Wildman–Crippen LogP) is -3.99. The van der Waals surface area contributed by atoms with Crippen molar-refractivity contribution in [2.45, 2.75) is 0 Å². The molecule has 0 fully saturated rings. The van der Waals surface area contributed by atoms with E-state index in [1.54, 1.807) is 6.08 Å². The molecule has 0 aromatic carbocycles. The molecule has 0 saturated heterocycles. The van der Waals surface area contributed by atoms with E-state index in [0.29, 0.717) is 52.9 Å². The average Bonchev–Trinajstić information content (AvgIpc) is 2.43. The first-order valence-electron chi connectivity index (χ1n) is 6.47. The van der Waals surface area contributed by atoms with Crippen molar-refractivity contribution in [3.05, 3.63) is 12.7 Å². The molecule has 0 amide bonds. The van der Waals surface area contributed by atoms with Gasteiger partial charge in [0, 0.05) is 0 Å². The van der Waals surface area contributed by atoms with E-state index in [1.807, 2.05) is 0 Å². The minimum Gasteiger partial charge on any atom is -0.548 e. The second-order valence-corrected chi connectivity index (χ2v) is 3.63. The Balaban J connectivity index is 0. The Morgan fingerprint density at radius 2 is 1.19 bits per heavy atom. The molecule has 7 nitrogen and oxygen atoms in total. The van der Waals surface area contributed by atoms with Crippen LogP contribution in [-0.2, 0) is 28.5 Å². The number of aliphatic carboxylic acids is 1. The molecular weight excluding hydrogens is 291 g/mol. The van der Waals surface area contributed by atoms with E-state index in [-0.39, 0.29) is 36.2 Å². The van der Waals surface area contributed by atoms with Crippen molar-refractivity contribution in [2.24, 2.45) is 0 Å². The Morgan fingerprint density at radius 1 is 0.810 bits per heavy atom. The molecule has 0 unspecified atom stereocenters. The van der Waals surface area contributed by atoms with Gasteiger partial charge in [-0.1, -0.05) is 6.08 Å². The van der Waals surface area contributed by atoms with E-state index in [1.165, 1.54) is 0 Å². The van der Waals surface area contributed by atoms with Crippen LogP contribution in [0.15, 0.2) is 12.7 Å². The molecule has 0 radical (unpaired) electrons. The summed E-state index contributed by atoms with van der Waals surface area (Å²) in [6, 6.07) is 0. The van der Waals surface area contributed by atoms with Crippen LogP contribution in [0.3, 0.4) is 0 Å². The van der Waals surface area contributed by atoms with E-state index in [4.69, 9.17) is 23.7 Å². The number of carboxylic acid groups (broad SMARTS) is 1. The standard InChI is InChI=1S/C13H24O7.Na/c1-2-3-16-4-5-17-6-7-18-8-9-19-10-11-20-12-13(14)15;/h2H,1,3-12H2,(H,14,15);/q;+1/p-1. The molecule has 118 valence electrons. The molecule has 0 bridgehead atoms. The van der Waals surface area contributed by atoms with E-state index < -0.39 is 12.6 Å². The first kappa shape index (κ1) is 23.3. The average molecular weight is 314 g/mol. The number of rotatable bonds is 16. The molecule has 0 aromatic rings. The van der Waals surface area contributed by atoms with Gasteiger partial charge in [0.1, 0.15) is 0 Å². The second kappa shape index (κ2) is 20.0. The third-order valence-corrected chi connectivity index (χ3v) is 1.94. The van der Waals surface area contributed by atoms with Crippen LogP contribution in [0.1, 0.15) is 0 Å². The van der Waals surface area contributed by atoms with Crippen LogP contribution >= 0.6 is 0 Å². The number of hydrogen-bond acceptors (Lipinski definition) is 7. The van der Waals surface area contributed by atoms with Gasteiger partial charge in [0.2, 0.25) is 0 Å². The first-order chi connectivity index (χ1) is 9.77. The maximum atomic E-state index is 10.0. The largest absolute Gasteiger partial charge is 1.00 e. The zero-order chi connectivity index (χ0) is 14.9. The van der Waals surface area contributed by atoms with Gasteiger partial charge in [-0.2, -0.15) is 0 Å². The van der Waals surface area contributed by atoms with Gasteiger partial charge in [-0.15, -0.1) is 6.58 Å². The van der Waals surface area contributed by atoms with Gasteiger partial charge >= 0.3 is 29.6 Å². The fraction of sp³-hybridized carbons (Fsp3) is 0.769. The maximum absolute atomic E-state index is 10.0. The summed E-state index contributed by atoms with van der Waals surface area (Å²) in [7, 11) is 0. The van der Waals surface area contributed by atoms with Crippen molar-refractivity contribution in [1.82, 2.24) is 0 Å². The van der Waals surface area contributed by atoms with Crippen molar-refractivity contribution in [2.75, 3.05) is 66.1 Å². The van der Waals surface area contributed by atoms with Gasteiger partial charge < -0.3 is 33.6 Å². The van der Waals surface area contributed by atoms with Crippen LogP contribution in [0.2, 0.25) is 0 Å². The van der Waals surface area contributed by atoms with Crippen LogP contribution in [0.4, 0.5) is 0 Å². The van der Waals surface area contributed by atoms with Crippen molar-refractivity contribution in [3.8, 4) is 0 Å². The van der Waals surface area contributed by atoms with Crippen molar-refractivity contribution >= 4 is 5.97 Å². The molecular formula is C13H23NaO7. The molecule has 0 N–H and O–H groups in total. The van der Waals surface area contributed by atoms with Gasteiger partial charge in [-0.3, -0.25) is 0 Å². The SMILES string of the molecule is C=CCOCCOCCOCCOCCOCC(=O)[O-].[Na+]. The minimum atomic E-state index is -1.23. The number of ether oxygens (including phenoxy) is 5. The molecule has 21 heavy (non-hydrogen) atoms. The fourth-order valence-electron chi connectivity index (χ4n) is 1.10. The maximum Gasteiger partial charge on any atom is 1.00 e. The molecule has 0 atom stereocenters. The number of carbonyl (C=O) groups excluding carboxylic acids is 1. The molecule has 0 spiro atoms. The molecule has 0 aromatic heterocycles. The van der Waals surface area contributed by atoms with Crippen LogP contribution in [0.5, 0.6) is 0 Å². The van der Waals surface area contributed by atoms with Gasteiger partial charge in [0.05, 0.1) is 72.0 Å². The summed E-state index contributed by atoms with van der Waals surface area (Å²) in [5, 5.41) is 10.0. The molecule has 0 aliphatic heterocycles. The van der Waals surface area contributed by atoms with Crippen LogP contribution in [0, 0.1) is 0 Å². The third kappa shape index (κ3) is 22.4. The Bertz CT molecular complexity index is 239. The topological polar surface area (TPSA) is 86.3 Å². The van der Waals surface area contributed by atoms with Crippen LogP contribution in [0.25, 0.3) is 0 Å². The van der Waals surface area contributed by atoms with E-state index >= 15 is 0 Å². The number of hydrogen-bond donors (Lipinski definition) is 0. The van der Waals surface area contributed by atoms with Crippen LogP contribution in [-0.4, -0.2) is 72.0 Å².